The lowest BCUT2D eigenvalue weighted by atomic mass is 9.87. The van der Waals surface area contributed by atoms with E-state index in [0.717, 1.165) is 16.5 Å². The summed E-state index contributed by atoms with van der Waals surface area (Å²) >= 11 is 0. The van der Waals surface area contributed by atoms with Gasteiger partial charge in [-0.05, 0) is 29.8 Å². The Morgan fingerprint density at radius 3 is 2.70 bits per heavy atom. The van der Waals surface area contributed by atoms with E-state index in [4.69, 9.17) is 9.47 Å². The van der Waals surface area contributed by atoms with Gasteiger partial charge in [-0.25, -0.2) is 0 Å². The van der Waals surface area contributed by atoms with Gasteiger partial charge in [-0.2, -0.15) is 0 Å². The Morgan fingerprint density at radius 1 is 0.967 bits per heavy atom. The van der Waals surface area contributed by atoms with Crippen LogP contribution in [0.4, 0.5) is 5.69 Å². The molecule has 0 spiro atoms. The Morgan fingerprint density at radius 2 is 1.77 bits per heavy atom. The van der Waals surface area contributed by atoms with Crippen LogP contribution in [0.5, 0.6) is 11.5 Å². The lowest BCUT2D eigenvalue weighted by Crippen LogP contribution is -2.40. The van der Waals surface area contributed by atoms with E-state index in [-0.39, 0.29) is 12.7 Å². The van der Waals surface area contributed by atoms with Crippen molar-refractivity contribution in [2.75, 3.05) is 11.7 Å². The largest absolute Gasteiger partial charge is 0.454 e. The second-order valence-electron chi connectivity index (χ2n) is 7.55. The summed E-state index contributed by atoms with van der Waals surface area (Å²) in [5.41, 5.74) is 1.86. The SMILES string of the molecule is O=C1N(Cc2ccc3c(c2)OCO3)c2ccccc2[C@]1(O)c1c[nH]c2ccccc12. The molecule has 6 nitrogen and oxygen atoms in total. The minimum Gasteiger partial charge on any atom is -0.454 e. The number of benzene rings is 3. The maximum absolute atomic E-state index is 13.7. The van der Waals surface area contributed by atoms with Gasteiger partial charge in [-0.3, -0.25) is 4.79 Å². The summed E-state index contributed by atoms with van der Waals surface area (Å²) < 4.78 is 10.8. The highest BCUT2D eigenvalue weighted by molar-refractivity contribution is 6.11. The van der Waals surface area contributed by atoms with Crippen molar-refractivity contribution in [3.05, 3.63) is 89.6 Å². The Balaban J connectivity index is 1.47. The summed E-state index contributed by atoms with van der Waals surface area (Å²) in [4.78, 5) is 18.5. The van der Waals surface area contributed by atoms with Crippen LogP contribution in [-0.4, -0.2) is 22.8 Å². The van der Waals surface area contributed by atoms with Crippen molar-refractivity contribution in [3.63, 3.8) is 0 Å². The second kappa shape index (κ2) is 6.11. The summed E-state index contributed by atoms with van der Waals surface area (Å²) in [5.74, 6) is 0.993. The van der Waals surface area contributed by atoms with Gasteiger partial charge in [0.25, 0.3) is 5.91 Å². The van der Waals surface area contributed by atoms with Crippen LogP contribution in [0.3, 0.4) is 0 Å². The van der Waals surface area contributed by atoms with Crippen LogP contribution in [0.2, 0.25) is 0 Å². The highest BCUT2D eigenvalue weighted by Gasteiger charge is 2.52. The Hall–Kier alpha value is -3.77. The van der Waals surface area contributed by atoms with Crippen molar-refractivity contribution in [2.45, 2.75) is 12.1 Å². The fraction of sp³-hybridized carbons (Fsp3) is 0.125. The molecule has 6 rings (SSSR count). The Kier molecular flexibility index (Phi) is 3.49. The number of fused-ring (bicyclic) bond motifs is 3. The van der Waals surface area contributed by atoms with Gasteiger partial charge in [0.15, 0.2) is 17.1 Å². The molecule has 0 fully saturated rings. The molecule has 1 amide bonds. The number of aliphatic hydroxyl groups is 1. The third-order valence-electron chi connectivity index (χ3n) is 5.90. The van der Waals surface area contributed by atoms with Crippen molar-refractivity contribution < 1.29 is 19.4 Å². The number of nitrogens with one attached hydrogen (secondary N) is 1. The van der Waals surface area contributed by atoms with Gasteiger partial charge in [-0.1, -0.05) is 42.5 Å². The van der Waals surface area contributed by atoms with Crippen LogP contribution in [0.25, 0.3) is 10.9 Å². The van der Waals surface area contributed by atoms with E-state index in [1.165, 1.54) is 0 Å². The smallest absolute Gasteiger partial charge is 0.268 e. The standard InChI is InChI=1S/C24H18N2O4/c27-23-24(28,18-12-25-19-7-3-1-5-16(18)19)17-6-2-4-8-20(17)26(23)13-15-9-10-21-22(11-15)30-14-29-21/h1-12,25,28H,13-14H2/t24-/m0/s1. The van der Waals surface area contributed by atoms with Gasteiger partial charge < -0.3 is 24.5 Å². The van der Waals surface area contributed by atoms with Gasteiger partial charge in [0.1, 0.15) is 0 Å². The average molecular weight is 398 g/mol. The molecule has 0 radical (unpaired) electrons. The molecule has 148 valence electrons. The van der Waals surface area contributed by atoms with E-state index >= 15 is 0 Å². The molecule has 2 aliphatic rings. The number of para-hydroxylation sites is 2. The van der Waals surface area contributed by atoms with Gasteiger partial charge >= 0.3 is 0 Å². The van der Waals surface area contributed by atoms with Crippen molar-refractivity contribution in [3.8, 4) is 11.5 Å². The summed E-state index contributed by atoms with van der Waals surface area (Å²) in [6.45, 7) is 0.516. The monoisotopic (exact) mass is 398 g/mol. The van der Waals surface area contributed by atoms with E-state index in [9.17, 15) is 9.90 Å². The first-order valence-corrected chi connectivity index (χ1v) is 9.75. The molecule has 0 saturated heterocycles. The van der Waals surface area contributed by atoms with Crippen LogP contribution in [0, 0.1) is 0 Å². The van der Waals surface area contributed by atoms with Gasteiger partial charge in [0.05, 0.1) is 12.2 Å². The van der Waals surface area contributed by atoms with E-state index in [0.29, 0.717) is 34.9 Å². The number of H-pyrrole nitrogens is 1. The van der Waals surface area contributed by atoms with E-state index in [2.05, 4.69) is 4.98 Å². The maximum Gasteiger partial charge on any atom is 0.268 e. The lowest BCUT2D eigenvalue weighted by molar-refractivity contribution is -0.132. The molecule has 0 unspecified atom stereocenters. The second-order valence-corrected chi connectivity index (χ2v) is 7.55. The molecule has 0 bridgehead atoms. The number of hydrogen-bond acceptors (Lipinski definition) is 4. The number of carbonyl (C=O) groups excluding carboxylic acids is 1. The quantitative estimate of drug-likeness (QED) is 0.552. The first-order valence-electron chi connectivity index (χ1n) is 9.75. The number of ether oxygens (including phenoxy) is 2. The zero-order valence-corrected chi connectivity index (χ0v) is 16.0. The van der Waals surface area contributed by atoms with Crippen LogP contribution in [0.1, 0.15) is 16.7 Å². The van der Waals surface area contributed by atoms with E-state index in [1.807, 2.05) is 66.7 Å². The molecule has 1 atom stereocenters. The van der Waals surface area contributed by atoms with Gasteiger partial charge in [0.2, 0.25) is 6.79 Å². The Bertz CT molecular complexity index is 1310. The average Bonchev–Trinajstić information content (AvgIpc) is 3.47. The number of hydrogen-bond donors (Lipinski definition) is 2. The summed E-state index contributed by atoms with van der Waals surface area (Å²) in [6.07, 6.45) is 1.73. The molecule has 0 saturated carbocycles. The summed E-state index contributed by atoms with van der Waals surface area (Å²) in [6, 6.07) is 20.7. The fourth-order valence-electron chi connectivity index (χ4n) is 4.44. The predicted octanol–water partition coefficient (Wildman–Crippen LogP) is 3.68. The maximum atomic E-state index is 13.7. The molecule has 2 N–H and O–H groups in total. The number of carbonyl (C=O) groups is 1. The molecule has 1 aromatic heterocycles. The molecule has 0 aliphatic carbocycles. The van der Waals surface area contributed by atoms with Crippen molar-refractivity contribution in [1.29, 1.82) is 0 Å². The molecular formula is C24H18N2O4. The minimum atomic E-state index is -1.76. The highest BCUT2D eigenvalue weighted by atomic mass is 16.7. The molecule has 30 heavy (non-hydrogen) atoms. The normalized spacial score (nSPS) is 19.5. The van der Waals surface area contributed by atoms with Gasteiger partial charge in [0, 0.05) is 28.2 Å². The molecule has 3 heterocycles. The fourth-order valence-corrected chi connectivity index (χ4v) is 4.44. The Labute approximate surface area is 172 Å². The number of aromatic amines is 1. The lowest BCUT2D eigenvalue weighted by Gasteiger charge is -2.23. The third-order valence-corrected chi connectivity index (χ3v) is 5.90. The third kappa shape index (κ3) is 2.25. The predicted molar refractivity (Wildman–Crippen MR) is 111 cm³/mol. The molecular weight excluding hydrogens is 380 g/mol. The number of anilines is 1. The van der Waals surface area contributed by atoms with Crippen LogP contribution >= 0.6 is 0 Å². The number of rotatable bonds is 3. The molecule has 4 aromatic rings. The number of nitrogens with zero attached hydrogens (tertiary/aromatic N) is 1. The van der Waals surface area contributed by atoms with Crippen molar-refractivity contribution in [1.82, 2.24) is 4.98 Å². The number of amides is 1. The highest BCUT2D eigenvalue weighted by Crippen LogP contribution is 2.47. The molecule has 2 aliphatic heterocycles. The van der Waals surface area contributed by atoms with Gasteiger partial charge in [-0.15, -0.1) is 0 Å². The van der Waals surface area contributed by atoms with Crippen molar-refractivity contribution >= 4 is 22.5 Å². The number of aromatic nitrogens is 1. The molecule has 6 heteroatoms. The summed E-state index contributed by atoms with van der Waals surface area (Å²) in [5, 5.41) is 12.6. The first kappa shape index (κ1) is 17.1. The van der Waals surface area contributed by atoms with Crippen LogP contribution in [0.15, 0.2) is 72.9 Å². The van der Waals surface area contributed by atoms with Crippen LogP contribution in [-0.2, 0) is 16.9 Å². The first-order chi connectivity index (χ1) is 14.7. The topological polar surface area (TPSA) is 74.8 Å². The molecule has 3 aromatic carbocycles. The zero-order chi connectivity index (χ0) is 20.3. The van der Waals surface area contributed by atoms with E-state index in [1.54, 1.807) is 11.1 Å². The minimum absolute atomic E-state index is 0.199. The van der Waals surface area contributed by atoms with Crippen LogP contribution < -0.4 is 14.4 Å². The summed E-state index contributed by atoms with van der Waals surface area (Å²) in [7, 11) is 0. The van der Waals surface area contributed by atoms with Crippen molar-refractivity contribution in [2.24, 2.45) is 0 Å². The zero-order valence-electron chi connectivity index (χ0n) is 16.0. The van der Waals surface area contributed by atoms with E-state index < -0.39 is 5.60 Å².